The van der Waals surface area contributed by atoms with E-state index in [0.29, 0.717) is 44.0 Å². The summed E-state index contributed by atoms with van der Waals surface area (Å²) in [5.74, 6) is -1.30. The van der Waals surface area contributed by atoms with Crippen molar-refractivity contribution in [2.75, 3.05) is 6.54 Å². The molecule has 330 valence electrons. The molecule has 3 amide bonds. The number of benzene rings is 1. The Morgan fingerprint density at radius 2 is 1.75 bits per heavy atom. The Balaban J connectivity index is 1.11. The summed E-state index contributed by atoms with van der Waals surface area (Å²) in [7, 11) is -3.86. The van der Waals surface area contributed by atoms with E-state index in [9.17, 15) is 27.6 Å². The standard InChI is InChI=1S/C45H60N6O8S2/c1-27(2)51-35-19-13-17-32(39-46-34(26-60-39)28-14-11-12-15-28)38(35)48-42(51)58-30-22-36-37(52)24-45(41(54)49-61(56,57)31-20-21-31)23-29(45)16-9-7-6-8-10-18-33(40(53)50(36)25-30)47-43(55)59-44(3,4)5/h9,13,16-17,19,26-31,33,36H,6-8,10-12,14-15,18,20-25H2,1-5H3,(H,47,55)(H,49,54)/b16-9-/t29-,30+,33-,36-,45+/m0/s1. The molecule has 5 atom stereocenters. The third-order valence-corrected chi connectivity index (χ3v) is 15.6. The topological polar surface area (TPSA) is 179 Å². The van der Waals surface area contributed by atoms with Crippen LogP contribution in [-0.4, -0.2) is 87.1 Å². The van der Waals surface area contributed by atoms with Gasteiger partial charge >= 0.3 is 6.09 Å². The van der Waals surface area contributed by atoms with Crippen molar-refractivity contribution in [3.8, 4) is 16.6 Å². The lowest BCUT2D eigenvalue weighted by Gasteiger charge is -2.30. The number of hydrogen-bond donors (Lipinski definition) is 2. The molecule has 1 saturated heterocycles. The number of alkyl carbamates (subject to hydrolysis) is 1. The third-order valence-electron chi connectivity index (χ3n) is 12.9. The smallest absolute Gasteiger partial charge is 0.408 e. The second-order valence-corrected chi connectivity index (χ2v) is 21.9. The van der Waals surface area contributed by atoms with Gasteiger partial charge in [0, 0.05) is 35.7 Å². The lowest BCUT2D eigenvalue weighted by Crippen LogP contribution is -2.53. The molecule has 2 aliphatic heterocycles. The van der Waals surface area contributed by atoms with E-state index in [1.165, 1.54) is 17.7 Å². The molecule has 61 heavy (non-hydrogen) atoms. The van der Waals surface area contributed by atoms with Gasteiger partial charge in [0.15, 0.2) is 5.78 Å². The SMILES string of the molecule is CC(C)n1c(O[C@@H]2C[C@H]3C(=O)C[C@]4(C(=O)NS(=O)(=O)C5CC5)C[C@@H]4/C=C\CCCCC[C@H](NC(=O)OC(C)(C)C)C(=O)N3C2)nc2c(-c3nc(C4CCCC4)cs3)cccc21. The highest BCUT2D eigenvalue weighted by atomic mass is 32.2. The molecule has 4 heterocycles. The molecule has 3 aliphatic carbocycles. The van der Waals surface area contributed by atoms with Gasteiger partial charge in [-0.05, 0) is 104 Å². The van der Waals surface area contributed by atoms with Crippen molar-refractivity contribution < 1.29 is 37.1 Å². The molecule has 0 unspecified atom stereocenters. The number of ether oxygens (including phenoxy) is 2. The fourth-order valence-corrected chi connectivity index (χ4v) is 11.8. The van der Waals surface area contributed by atoms with Crippen LogP contribution in [0.3, 0.4) is 0 Å². The van der Waals surface area contributed by atoms with Gasteiger partial charge in [-0.2, -0.15) is 4.98 Å². The predicted molar refractivity (Wildman–Crippen MR) is 233 cm³/mol. The first-order chi connectivity index (χ1) is 29.0. The number of carbonyl (C=O) groups excluding carboxylic acids is 4. The molecule has 0 bridgehead atoms. The van der Waals surface area contributed by atoms with Crippen LogP contribution in [0.25, 0.3) is 21.6 Å². The van der Waals surface area contributed by atoms with E-state index in [2.05, 4.69) is 29.3 Å². The summed E-state index contributed by atoms with van der Waals surface area (Å²) in [6.45, 7) is 9.39. The number of rotatable bonds is 9. The van der Waals surface area contributed by atoms with E-state index >= 15 is 0 Å². The van der Waals surface area contributed by atoms with E-state index in [-0.39, 0.29) is 37.1 Å². The molecule has 5 aliphatic rings. The van der Waals surface area contributed by atoms with Gasteiger partial charge in [-0.3, -0.25) is 23.7 Å². The van der Waals surface area contributed by atoms with Crippen molar-refractivity contribution in [1.29, 1.82) is 0 Å². The minimum atomic E-state index is -3.86. The molecule has 0 spiro atoms. The summed E-state index contributed by atoms with van der Waals surface area (Å²) < 4.78 is 42.6. The molecule has 3 aromatic rings. The first-order valence-electron chi connectivity index (χ1n) is 22.2. The first-order valence-corrected chi connectivity index (χ1v) is 24.6. The number of nitrogens with one attached hydrogen (secondary N) is 2. The largest absolute Gasteiger partial charge is 0.459 e. The van der Waals surface area contributed by atoms with E-state index in [1.807, 2.05) is 34.9 Å². The number of fused-ring (bicyclic) bond motifs is 3. The number of sulfonamides is 1. The highest BCUT2D eigenvalue weighted by Crippen LogP contribution is 2.57. The van der Waals surface area contributed by atoms with E-state index in [0.717, 1.165) is 59.4 Å². The summed E-state index contributed by atoms with van der Waals surface area (Å²) in [5, 5.41) is 5.27. The summed E-state index contributed by atoms with van der Waals surface area (Å²) in [5.41, 5.74) is 1.62. The minimum absolute atomic E-state index is 0.0334. The minimum Gasteiger partial charge on any atom is -0.459 e. The maximum absolute atomic E-state index is 14.7. The lowest BCUT2D eigenvalue weighted by atomic mass is 9.91. The Morgan fingerprint density at radius 3 is 2.48 bits per heavy atom. The fourth-order valence-electron chi connectivity index (χ4n) is 9.46. The second-order valence-electron chi connectivity index (χ2n) is 19.1. The summed E-state index contributed by atoms with van der Waals surface area (Å²) in [4.78, 5) is 68.2. The van der Waals surface area contributed by atoms with Gasteiger partial charge < -0.3 is 19.7 Å². The van der Waals surface area contributed by atoms with Crippen molar-refractivity contribution in [2.24, 2.45) is 11.3 Å². The average molecular weight is 877 g/mol. The van der Waals surface area contributed by atoms with Crippen LogP contribution in [0, 0.1) is 11.3 Å². The van der Waals surface area contributed by atoms with Gasteiger partial charge in [0.25, 0.3) is 6.01 Å². The number of para-hydroxylation sites is 1. The Kier molecular flexibility index (Phi) is 12.2. The molecular weight excluding hydrogens is 817 g/mol. The van der Waals surface area contributed by atoms with Crippen molar-refractivity contribution in [3.63, 3.8) is 0 Å². The van der Waals surface area contributed by atoms with E-state index in [1.54, 1.807) is 32.1 Å². The molecule has 2 aromatic heterocycles. The van der Waals surface area contributed by atoms with Crippen molar-refractivity contribution >= 4 is 56.1 Å². The number of nitrogens with zero attached hydrogens (tertiary/aromatic N) is 4. The lowest BCUT2D eigenvalue weighted by molar-refractivity contribution is -0.140. The van der Waals surface area contributed by atoms with Crippen LogP contribution in [0.2, 0.25) is 0 Å². The predicted octanol–water partition coefficient (Wildman–Crippen LogP) is 7.73. The van der Waals surface area contributed by atoms with Crippen LogP contribution in [0.5, 0.6) is 6.01 Å². The third kappa shape index (κ3) is 9.40. The van der Waals surface area contributed by atoms with Crippen LogP contribution >= 0.6 is 11.3 Å². The highest BCUT2D eigenvalue weighted by molar-refractivity contribution is 7.90. The normalized spacial score (nSPS) is 27.3. The number of aromatic nitrogens is 3. The van der Waals surface area contributed by atoms with Gasteiger partial charge in [-0.15, -0.1) is 11.3 Å². The second kappa shape index (κ2) is 17.1. The van der Waals surface area contributed by atoms with Crippen LogP contribution < -0.4 is 14.8 Å². The van der Waals surface area contributed by atoms with Gasteiger partial charge in [0.2, 0.25) is 21.8 Å². The zero-order chi connectivity index (χ0) is 43.3. The van der Waals surface area contributed by atoms with Crippen molar-refractivity contribution in [1.82, 2.24) is 29.5 Å². The number of thiazole rings is 1. The molecule has 8 rings (SSSR count). The summed E-state index contributed by atoms with van der Waals surface area (Å²) >= 11 is 1.62. The molecule has 16 heteroatoms. The zero-order valence-electron chi connectivity index (χ0n) is 36.0. The number of Topliss-reactive ketones (excluding diaryl/α,β-unsaturated/α-hetero) is 1. The Labute approximate surface area is 362 Å². The van der Waals surface area contributed by atoms with Crippen LogP contribution in [0.15, 0.2) is 35.7 Å². The Hall–Kier alpha value is -4.31. The molecule has 0 radical (unpaired) electrons. The molecule has 14 nitrogen and oxygen atoms in total. The van der Waals surface area contributed by atoms with Gasteiger partial charge in [-0.25, -0.2) is 18.2 Å². The van der Waals surface area contributed by atoms with Crippen molar-refractivity contribution in [3.05, 3.63) is 41.4 Å². The quantitative estimate of drug-likeness (QED) is 0.202. The number of hydrogen-bond acceptors (Lipinski definition) is 11. The molecular formula is C45H60N6O8S2. The van der Waals surface area contributed by atoms with Gasteiger partial charge in [0.05, 0.1) is 34.5 Å². The first kappa shape index (κ1) is 43.3. The van der Waals surface area contributed by atoms with Crippen LogP contribution in [-0.2, 0) is 29.1 Å². The summed E-state index contributed by atoms with van der Waals surface area (Å²) in [6, 6.07) is 4.37. The van der Waals surface area contributed by atoms with Crippen molar-refractivity contribution in [2.45, 2.75) is 166 Å². The number of ketones is 1. The molecule has 2 N–H and O–H groups in total. The molecule has 3 saturated carbocycles. The Bertz CT molecular complexity index is 2300. The number of allylic oxidation sites excluding steroid dienone is 2. The maximum atomic E-state index is 14.7. The maximum Gasteiger partial charge on any atom is 0.408 e. The van der Waals surface area contributed by atoms with Crippen LogP contribution in [0.1, 0.15) is 142 Å². The Morgan fingerprint density at radius 1 is 1.00 bits per heavy atom. The molecule has 4 fully saturated rings. The van der Waals surface area contributed by atoms with Gasteiger partial charge in [0.1, 0.15) is 28.3 Å². The average Bonchev–Trinajstić information content (AvgIpc) is 3.81. The molecule has 1 aromatic carbocycles. The number of carbonyl (C=O) groups is 4. The number of amides is 3. The van der Waals surface area contributed by atoms with E-state index < -0.39 is 62.4 Å². The van der Waals surface area contributed by atoms with Gasteiger partial charge in [-0.1, -0.05) is 43.9 Å². The number of imidazole rings is 1. The fraction of sp³-hybridized carbons (Fsp3) is 0.644. The highest BCUT2D eigenvalue weighted by Gasteiger charge is 2.61. The zero-order valence-corrected chi connectivity index (χ0v) is 37.6. The monoisotopic (exact) mass is 876 g/mol. The van der Waals surface area contributed by atoms with E-state index in [4.69, 9.17) is 19.4 Å². The summed E-state index contributed by atoms with van der Waals surface area (Å²) in [6.07, 6.45) is 11.8. The van der Waals surface area contributed by atoms with Crippen LogP contribution in [0.4, 0.5) is 4.79 Å².